The monoisotopic (exact) mass is 295 g/mol. The Balaban J connectivity index is 1.80. The van der Waals surface area contributed by atoms with Gasteiger partial charge in [0.1, 0.15) is 5.82 Å². The molecule has 0 atom stereocenters. The first-order valence-corrected chi connectivity index (χ1v) is 7.37. The lowest BCUT2D eigenvalue weighted by Gasteiger charge is -2.00. The summed E-state index contributed by atoms with van der Waals surface area (Å²) in [4.78, 5) is 12.1. The number of H-pyrrole nitrogens is 1. The van der Waals surface area contributed by atoms with E-state index in [4.69, 9.17) is 0 Å². The smallest absolute Gasteiger partial charge is 0.178 e. The molecule has 23 heavy (non-hydrogen) atoms. The Hall–Kier alpha value is -3.38. The van der Waals surface area contributed by atoms with E-state index in [9.17, 15) is 0 Å². The highest BCUT2D eigenvalue weighted by Crippen LogP contribution is 2.22. The summed E-state index contributed by atoms with van der Waals surface area (Å²) < 4.78 is 0. The highest BCUT2D eigenvalue weighted by atomic mass is 15.0. The van der Waals surface area contributed by atoms with Crippen LogP contribution >= 0.6 is 0 Å². The van der Waals surface area contributed by atoms with Crippen molar-refractivity contribution in [3.05, 3.63) is 84.1 Å². The quantitative estimate of drug-likeness (QED) is 0.539. The third kappa shape index (κ3) is 2.70. The van der Waals surface area contributed by atoms with Crippen LogP contribution in [-0.4, -0.2) is 15.0 Å². The number of nitrogens with one attached hydrogen (secondary N) is 1. The molecule has 0 radical (unpaired) electrons. The number of nitrogens with zero attached hydrogens (tertiary/aromatic N) is 2. The second kappa shape index (κ2) is 5.78. The summed E-state index contributed by atoms with van der Waals surface area (Å²) in [6, 6.07) is 21.8. The first kappa shape index (κ1) is 13.3. The fourth-order valence-corrected chi connectivity index (χ4v) is 2.43. The molecule has 0 aliphatic rings. The zero-order valence-corrected chi connectivity index (χ0v) is 12.3. The molecule has 0 fully saturated rings. The zero-order chi connectivity index (χ0) is 15.5. The first-order chi connectivity index (χ1) is 11.4. The Morgan fingerprint density at radius 3 is 2.48 bits per heavy atom. The van der Waals surface area contributed by atoms with E-state index < -0.39 is 0 Å². The van der Waals surface area contributed by atoms with Gasteiger partial charge in [-0.1, -0.05) is 42.2 Å². The Bertz CT molecular complexity index is 988. The van der Waals surface area contributed by atoms with Crippen molar-refractivity contribution in [1.82, 2.24) is 15.0 Å². The Labute approximate surface area is 134 Å². The van der Waals surface area contributed by atoms with Gasteiger partial charge in [0.15, 0.2) is 5.65 Å². The van der Waals surface area contributed by atoms with Crippen LogP contribution in [0.2, 0.25) is 0 Å². The largest absolute Gasteiger partial charge is 0.337 e. The van der Waals surface area contributed by atoms with Crippen LogP contribution in [0.5, 0.6) is 0 Å². The fraction of sp³-hybridized carbons (Fsp3) is 0. The molecule has 0 saturated carbocycles. The van der Waals surface area contributed by atoms with Crippen molar-refractivity contribution < 1.29 is 0 Å². The van der Waals surface area contributed by atoms with Gasteiger partial charge in [0.2, 0.25) is 0 Å². The van der Waals surface area contributed by atoms with Gasteiger partial charge in [0, 0.05) is 22.9 Å². The van der Waals surface area contributed by atoms with Crippen LogP contribution in [0, 0.1) is 11.8 Å². The summed E-state index contributed by atoms with van der Waals surface area (Å²) in [7, 11) is 0. The van der Waals surface area contributed by atoms with Crippen molar-refractivity contribution in [2.45, 2.75) is 0 Å². The number of rotatable bonds is 1. The third-order valence-corrected chi connectivity index (χ3v) is 3.55. The highest BCUT2D eigenvalue weighted by Gasteiger charge is 2.08. The number of aromatic amines is 1. The summed E-state index contributed by atoms with van der Waals surface area (Å²) >= 11 is 0. The summed E-state index contributed by atoms with van der Waals surface area (Å²) in [6.07, 6.45) is 1.74. The van der Waals surface area contributed by atoms with E-state index in [1.54, 1.807) is 6.20 Å². The van der Waals surface area contributed by atoms with Crippen LogP contribution < -0.4 is 0 Å². The van der Waals surface area contributed by atoms with Crippen molar-refractivity contribution in [2.75, 3.05) is 0 Å². The van der Waals surface area contributed by atoms with E-state index in [0.29, 0.717) is 5.65 Å². The number of hydrogen-bond acceptors (Lipinski definition) is 2. The van der Waals surface area contributed by atoms with Gasteiger partial charge in [0.25, 0.3) is 0 Å². The standard InChI is InChI=1S/C20H13N3/c1-2-7-15(8-3-1)12-13-16-9-4-5-10-17(16)19-22-18-11-6-14-21-20(18)23-19/h1-11,14H,(H,21,22,23). The van der Waals surface area contributed by atoms with Crippen LogP contribution in [0.1, 0.15) is 11.1 Å². The normalized spacial score (nSPS) is 10.3. The average Bonchev–Trinajstić information content (AvgIpc) is 3.05. The number of aromatic nitrogens is 3. The molecule has 108 valence electrons. The van der Waals surface area contributed by atoms with Crippen LogP contribution in [-0.2, 0) is 0 Å². The van der Waals surface area contributed by atoms with E-state index in [1.807, 2.05) is 66.7 Å². The molecule has 2 heterocycles. The van der Waals surface area contributed by atoms with Gasteiger partial charge in [-0.05, 0) is 36.4 Å². The van der Waals surface area contributed by atoms with Crippen LogP contribution in [0.15, 0.2) is 72.9 Å². The van der Waals surface area contributed by atoms with Gasteiger partial charge in [0.05, 0.1) is 5.52 Å². The summed E-state index contributed by atoms with van der Waals surface area (Å²) in [6.45, 7) is 0. The Morgan fingerprint density at radius 2 is 1.61 bits per heavy atom. The average molecular weight is 295 g/mol. The minimum Gasteiger partial charge on any atom is -0.337 e. The maximum Gasteiger partial charge on any atom is 0.178 e. The van der Waals surface area contributed by atoms with Gasteiger partial charge in [-0.3, -0.25) is 0 Å². The number of benzene rings is 2. The molecule has 0 aliphatic carbocycles. The maximum absolute atomic E-state index is 4.56. The van der Waals surface area contributed by atoms with Gasteiger partial charge < -0.3 is 4.98 Å². The van der Waals surface area contributed by atoms with Crippen LogP contribution in [0.25, 0.3) is 22.6 Å². The molecule has 2 aromatic carbocycles. The van der Waals surface area contributed by atoms with Gasteiger partial charge in [-0.25, -0.2) is 9.97 Å². The van der Waals surface area contributed by atoms with Gasteiger partial charge in [-0.2, -0.15) is 0 Å². The molecule has 0 saturated heterocycles. The topological polar surface area (TPSA) is 41.6 Å². The van der Waals surface area contributed by atoms with E-state index in [2.05, 4.69) is 26.8 Å². The predicted molar refractivity (Wildman–Crippen MR) is 91.7 cm³/mol. The SMILES string of the molecule is C(#Cc1ccccc1-c1nc2ncccc2[nH]1)c1ccccc1. The molecule has 0 unspecified atom stereocenters. The molecular formula is C20H13N3. The van der Waals surface area contributed by atoms with E-state index in [1.165, 1.54) is 0 Å². The third-order valence-electron chi connectivity index (χ3n) is 3.55. The molecule has 3 nitrogen and oxygen atoms in total. The van der Waals surface area contributed by atoms with Crippen molar-refractivity contribution in [3.63, 3.8) is 0 Å². The maximum atomic E-state index is 4.56. The minimum absolute atomic E-state index is 0.716. The zero-order valence-electron chi connectivity index (χ0n) is 12.3. The van der Waals surface area contributed by atoms with Gasteiger partial charge in [-0.15, -0.1) is 0 Å². The molecule has 3 heteroatoms. The number of imidazole rings is 1. The van der Waals surface area contributed by atoms with Crippen LogP contribution in [0.3, 0.4) is 0 Å². The molecule has 0 bridgehead atoms. The second-order valence-corrected chi connectivity index (χ2v) is 5.12. The molecule has 0 spiro atoms. The molecule has 4 aromatic rings. The lowest BCUT2D eigenvalue weighted by molar-refractivity contribution is 1.30. The fourth-order valence-electron chi connectivity index (χ4n) is 2.43. The highest BCUT2D eigenvalue weighted by molar-refractivity contribution is 5.77. The van der Waals surface area contributed by atoms with E-state index in [-0.39, 0.29) is 0 Å². The minimum atomic E-state index is 0.716. The summed E-state index contributed by atoms with van der Waals surface area (Å²) in [5.74, 6) is 7.23. The number of hydrogen-bond donors (Lipinski definition) is 1. The van der Waals surface area contributed by atoms with Crippen molar-refractivity contribution >= 4 is 11.2 Å². The molecule has 0 amide bonds. The molecule has 0 aliphatic heterocycles. The lowest BCUT2D eigenvalue weighted by Crippen LogP contribution is -1.86. The van der Waals surface area contributed by atoms with E-state index in [0.717, 1.165) is 28.0 Å². The number of pyridine rings is 1. The van der Waals surface area contributed by atoms with Crippen molar-refractivity contribution in [3.8, 4) is 23.2 Å². The first-order valence-electron chi connectivity index (χ1n) is 7.37. The molecule has 4 rings (SSSR count). The lowest BCUT2D eigenvalue weighted by atomic mass is 10.1. The molecular weight excluding hydrogens is 282 g/mol. The molecule has 1 N–H and O–H groups in total. The van der Waals surface area contributed by atoms with Crippen molar-refractivity contribution in [1.29, 1.82) is 0 Å². The Kier molecular flexibility index (Phi) is 3.34. The van der Waals surface area contributed by atoms with E-state index >= 15 is 0 Å². The second-order valence-electron chi connectivity index (χ2n) is 5.12. The van der Waals surface area contributed by atoms with Crippen LogP contribution in [0.4, 0.5) is 0 Å². The Morgan fingerprint density at radius 1 is 0.783 bits per heavy atom. The van der Waals surface area contributed by atoms with Gasteiger partial charge >= 0.3 is 0 Å². The predicted octanol–water partition coefficient (Wildman–Crippen LogP) is 4.02. The number of fused-ring (bicyclic) bond motifs is 1. The van der Waals surface area contributed by atoms with Crippen molar-refractivity contribution in [2.24, 2.45) is 0 Å². The summed E-state index contributed by atoms with van der Waals surface area (Å²) in [5, 5.41) is 0. The molecule has 2 aromatic heterocycles. The summed E-state index contributed by atoms with van der Waals surface area (Å²) in [5.41, 5.74) is 4.56.